The third kappa shape index (κ3) is 2.81. The maximum Gasteiger partial charge on any atom is 0.230 e. The fourth-order valence-electron chi connectivity index (χ4n) is 2.19. The van der Waals surface area contributed by atoms with Gasteiger partial charge in [-0.3, -0.25) is 5.41 Å². The van der Waals surface area contributed by atoms with Gasteiger partial charge in [-0.15, -0.1) is 0 Å². The van der Waals surface area contributed by atoms with E-state index in [-0.39, 0.29) is 5.84 Å². The van der Waals surface area contributed by atoms with Crippen molar-refractivity contribution in [3.8, 4) is 22.8 Å². The number of hydrogen-bond donors (Lipinski definition) is 2. The number of amidine groups is 1. The number of rotatable bonds is 4. The monoisotopic (exact) mass is 289 g/mol. The lowest BCUT2D eigenvalue weighted by atomic mass is 10.1. The summed E-state index contributed by atoms with van der Waals surface area (Å²) in [5.74, 6) is 0.938. The predicted molar refractivity (Wildman–Crippen MR) is 87.2 cm³/mol. The normalized spacial score (nSPS) is 10.2. The molecule has 0 fully saturated rings. The summed E-state index contributed by atoms with van der Waals surface area (Å²) in [6, 6.07) is 21.1. The van der Waals surface area contributed by atoms with Crippen LogP contribution in [-0.4, -0.2) is 10.8 Å². The molecule has 108 valence electrons. The van der Waals surface area contributed by atoms with Crippen LogP contribution in [0.3, 0.4) is 0 Å². The van der Waals surface area contributed by atoms with E-state index in [0.717, 1.165) is 11.1 Å². The second kappa shape index (κ2) is 6.10. The van der Waals surface area contributed by atoms with Gasteiger partial charge in [-0.25, -0.2) is 4.98 Å². The minimum Gasteiger partial charge on any atom is -0.438 e. The molecule has 0 radical (unpaired) electrons. The number of nitrogens with two attached hydrogens (primary N) is 1. The van der Waals surface area contributed by atoms with Crippen molar-refractivity contribution in [2.45, 2.75) is 0 Å². The standard InChI is InChI=1S/C18H15N3O/c19-17(20)15-10-6-12-21-18(15)22-16-11-5-4-9-14(16)13-7-2-1-3-8-13/h1-12H,(H3,19,20). The topological polar surface area (TPSA) is 72.0 Å². The van der Waals surface area contributed by atoms with Crippen LogP contribution in [0.5, 0.6) is 11.6 Å². The zero-order valence-corrected chi connectivity index (χ0v) is 11.9. The summed E-state index contributed by atoms with van der Waals surface area (Å²) in [4.78, 5) is 4.19. The molecule has 0 aliphatic carbocycles. The van der Waals surface area contributed by atoms with Crippen molar-refractivity contribution >= 4 is 5.84 Å². The van der Waals surface area contributed by atoms with E-state index in [1.54, 1.807) is 18.3 Å². The second-order valence-corrected chi connectivity index (χ2v) is 4.73. The fourth-order valence-corrected chi connectivity index (χ4v) is 2.19. The third-order valence-electron chi connectivity index (χ3n) is 3.24. The van der Waals surface area contributed by atoms with E-state index in [2.05, 4.69) is 4.98 Å². The zero-order valence-electron chi connectivity index (χ0n) is 11.9. The Balaban J connectivity index is 2.03. The minimum absolute atomic E-state index is 0.0692. The lowest BCUT2D eigenvalue weighted by molar-refractivity contribution is 0.463. The highest BCUT2D eigenvalue weighted by molar-refractivity contribution is 5.97. The number of nitrogens with one attached hydrogen (secondary N) is 1. The van der Waals surface area contributed by atoms with Crippen LogP contribution in [0.25, 0.3) is 11.1 Å². The number of nitrogens with zero attached hydrogens (tertiary/aromatic N) is 1. The maximum atomic E-state index is 7.62. The van der Waals surface area contributed by atoms with Gasteiger partial charge in [0.2, 0.25) is 5.88 Å². The summed E-state index contributed by atoms with van der Waals surface area (Å²) in [6.07, 6.45) is 1.62. The van der Waals surface area contributed by atoms with Crippen molar-refractivity contribution in [3.63, 3.8) is 0 Å². The molecule has 1 aromatic heterocycles. The summed E-state index contributed by atoms with van der Waals surface area (Å²) >= 11 is 0. The number of nitrogen functional groups attached to an aromatic ring is 1. The van der Waals surface area contributed by atoms with Crippen LogP contribution in [0.1, 0.15) is 5.56 Å². The number of benzene rings is 2. The van der Waals surface area contributed by atoms with E-state index in [1.165, 1.54) is 0 Å². The number of para-hydroxylation sites is 1. The quantitative estimate of drug-likeness (QED) is 0.566. The van der Waals surface area contributed by atoms with Crippen molar-refractivity contribution in [2.24, 2.45) is 5.73 Å². The molecule has 4 nitrogen and oxygen atoms in total. The van der Waals surface area contributed by atoms with Gasteiger partial charge in [0.1, 0.15) is 11.6 Å². The van der Waals surface area contributed by atoms with Crippen molar-refractivity contribution in [1.29, 1.82) is 5.41 Å². The largest absolute Gasteiger partial charge is 0.438 e. The maximum absolute atomic E-state index is 7.62. The van der Waals surface area contributed by atoms with Crippen LogP contribution in [-0.2, 0) is 0 Å². The van der Waals surface area contributed by atoms with E-state index in [4.69, 9.17) is 15.9 Å². The van der Waals surface area contributed by atoms with Crippen LogP contribution >= 0.6 is 0 Å². The van der Waals surface area contributed by atoms with Crippen LogP contribution in [0.2, 0.25) is 0 Å². The van der Waals surface area contributed by atoms with E-state index in [9.17, 15) is 0 Å². The number of hydrogen-bond acceptors (Lipinski definition) is 3. The molecule has 4 heteroatoms. The first-order chi connectivity index (χ1) is 10.8. The lowest BCUT2D eigenvalue weighted by Gasteiger charge is -2.12. The minimum atomic E-state index is -0.0692. The molecule has 0 bridgehead atoms. The molecule has 0 aliphatic rings. The molecule has 0 amide bonds. The Hall–Kier alpha value is -3.14. The first kappa shape index (κ1) is 13.8. The van der Waals surface area contributed by atoms with Crippen LogP contribution < -0.4 is 10.5 Å². The molecular weight excluding hydrogens is 274 g/mol. The molecule has 0 atom stereocenters. The van der Waals surface area contributed by atoms with Crippen LogP contribution in [0.15, 0.2) is 72.9 Å². The Morgan fingerprint density at radius 2 is 1.64 bits per heavy atom. The highest BCUT2D eigenvalue weighted by Crippen LogP contribution is 2.33. The van der Waals surface area contributed by atoms with Crippen molar-refractivity contribution in [1.82, 2.24) is 4.98 Å². The highest BCUT2D eigenvalue weighted by atomic mass is 16.5. The Morgan fingerprint density at radius 1 is 0.909 bits per heavy atom. The molecule has 3 N–H and O–H groups in total. The molecule has 2 aromatic carbocycles. The first-order valence-corrected chi connectivity index (χ1v) is 6.87. The first-order valence-electron chi connectivity index (χ1n) is 6.87. The van der Waals surface area contributed by atoms with Gasteiger partial charge in [0.05, 0.1) is 5.56 Å². The molecule has 0 spiro atoms. The summed E-state index contributed by atoms with van der Waals surface area (Å²) in [5.41, 5.74) is 8.07. The Labute approximate surface area is 128 Å². The SMILES string of the molecule is N=C(N)c1cccnc1Oc1ccccc1-c1ccccc1. The number of aromatic nitrogens is 1. The predicted octanol–water partition coefficient (Wildman–Crippen LogP) is 3.82. The zero-order chi connectivity index (χ0) is 15.4. The van der Waals surface area contributed by atoms with Crippen molar-refractivity contribution in [2.75, 3.05) is 0 Å². The highest BCUT2D eigenvalue weighted by Gasteiger charge is 2.11. The van der Waals surface area contributed by atoms with Crippen LogP contribution in [0, 0.1) is 5.41 Å². The molecule has 1 heterocycles. The second-order valence-electron chi connectivity index (χ2n) is 4.73. The third-order valence-corrected chi connectivity index (χ3v) is 3.24. The van der Waals surface area contributed by atoms with E-state index < -0.39 is 0 Å². The van der Waals surface area contributed by atoms with Gasteiger partial charge in [0.25, 0.3) is 0 Å². The van der Waals surface area contributed by atoms with E-state index in [1.807, 2.05) is 54.6 Å². The summed E-state index contributed by atoms with van der Waals surface area (Å²) in [7, 11) is 0. The Kier molecular flexibility index (Phi) is 3.83. The summed E-state index contributed by atoms with van der Waals surface area (Å²) in [6.45, 7) is 0. The van der Waals surface area contributed by atoms with Crippen molar-refractivity contribution in [3.05, 3.63) is 78.5 Å². The van der Waals surface area contributed by atoms with E-state index >= 15 is 0 Å². The number of pyridine rings is 1. The molecule has 0 aliphatic heterocycles. The number of ether oxygens (including phenoxy) is 1. The molecule has 0 unspecified atom stereocenters. The molecule has 22 heavy (non-hydrogen) atoms. The average Bonchev–Trinajstić information content (AvgIpc) is 2.56. The van der Waals surface area contributed by atoms with Crippen LogP contribution in [0.4, 0.5) is 0 Å². The smallest absolute Gasteiger partial charge is 0.230 e. The summed E-state index contributed by atoms with van der Waals surface area (Å²) < 4.78 is 5.92. The molecule has 3 rings (SSSR count). The van der Waals surface area contributed by atoms with Gasteiger partial charge in [-0.05, 0) is 23.8 Å². The van der Waals surface area contributed by atoms with E-state index in [0.29, 0.717) is 17.2 Å². The van der Waals surface area contributed by atoms with Gasteiger partial charge in [-0.1, -0.05) is 48.5 Å². The average molecular weight is 289 g/mol. The molecule has 0 saturated carbocycles. The Bertz CT molecular complexity index is 800. The van der Waals surface area contributed by atoms with Gasteiger partial charge < -0.3 is 10.5 Å². The molecule has 3 aromatic rings. The molecule has 0 saturated heterocycles. The Morgan fingerprint density at radius 3 is 2.41 bits per heavy atom. The van der Waals surface area contributed by atoms with Crippen molar-refractivity contribution < 1.29 is 4.74 Å². The van der Waals surface area contributed by atoms with Gasteiger partial charge >= 0.3 is 0 Å². The van der Waals surface area contributed by atoms with Gasteiger partial charge in [0.15, 0.2) is 0 Å². The van der Waals surface area contributed by atoms with Gasteiger partial charge in [-0.2, -0.15) is 0 Å². The van der Waals surface area contributed by atoms with Gasteiger partial charge in [0, 0.05) is 11.8 Å². The fraction of sp³-hybridized carbons (Fsp3) is 0. The molecular formula is C18H15N3O. The lowest BCUT2D eigenvalue weighted by Crippen LogP contribution is -2.12. The summed E-state index contributed by atoms with van der Waals surface area (Å²) in [5, 5.41) is 7.62.